The van der Waals surface area contributed by atoms with Gasteiger partial charge >= 0.3 is 0 Å². The highest BCUT2D eigenvalue weighted by atomic mass is 32.1. The zero-order chi connectivity index (χ0) is 11.4. The number of aromatic nitrogens is 1. The first-order valence-corrected chi connectivity index (χ1v) is 6.35. The Bertz CT molecular complexity index is 414. The molecule has 0 unspecified atom stereocenters. The fourth-order valence-electron chi connectivity index (χ4n) is 1.70. The third-order valence-corrected chi connectivity index (χ3v) is 3.37. The molecule has 0 amide bonds. The minimum absolute atomic E-state index is 0.937. The first kappa shape index (κ1) is 11.4. The van der Waals surface area contributed by atoms with Gasteiger partial charge in [-0.25, -0.2) is 0 Å². The van der Waals surface area contributed by atoms with E-state index in [1.54, 1.807) is 11.3 Å². The summed E-state index contributed by atoms with van der Waals surface area (Å²) in [6.07, 6.45) is 0.977. The SMILES string of the molecule is Cc1noc(C)c1CCNCc1ccsc1. The van der Waals surface area contributed by atoms with Gasteiger partial charge in [0.25, 0.3) is 0 Å². The van der Waals surface area contributed by atoms with Crippen LogP contribution >= 0.6 is 11.3 Å². The molecule has 2 heterocycles. The minimum atomic E-state index is 0.937. The molecule has 86 valence electrons. The second-order valence-corrected chi connectivity index (χ2v) is 4.64. The van der Waals surface area contributed by atoms with Crippen LogP contribution in [0.4, 0.5) is 0 Å². The average molecular weight is 236 g/mol. The number of rotatable bonds is 5. The van der Waals surface area contributed by atoms with Crippen LogP contribution in [0.15, 0.2) is 21.3 Å². The third-order valence-electron chi connectivity index (χ3n) is 2.64. The van der Waals surface area contributed by atoms with E-state index in [1.807, 2.05) is 13.8 Å². The molecule has 0 saturated heterocycles. The van der Waals surface area contributed by atoms with Gasteiger partial charge in [-0.05, 0) is 49.2 Å². The molecule has 0 aliphatic rings. The predicted molar refractivity (Wildman–Crippen MR) is 65.7 cm³/mol. The van der Waals surface area contributed by atoms with E-state index in [0.29, 0.717) is 0 Å². The summed E-state index contributed by atoms with van der Waals surface area (Å²) in [4.78, 5) is 0. The molecule has 0 radical (unpaired) electrons. The normalized spacial score (nSPS) is 10.9. The van der Waals surface area contributed by atoms with Crippen LogP contribution < -0.4 is 5.32 Å². The Morgan fingerprint density at radius 3 is 2.94 bits per heavy atom. The molecular formula is C12H16N2OS. The monoisotopic (exact) mass is 236 g/mol. The molecule has 0 spiro atoms. The number of nitrogens with one attached hydrogen (secondary N) is 1. The topological polar surface area (TPSA) is 38.1 Å². The number of nitrogens with zero attached hydrogens (tertiary/aromatic N) is 1. The molecule has 2 rings (SSSR count). The van der Waals surface area contributed by atoms with Gasteiger partial charge in [-0.3, -0.25) is 0 Å². The van der Waals surface area contributed by atoms with E-state index in [1.165, 1.54) is 11.1 Å². The number of hydrogen-bond acceptors (Lipinski definition) is 4. The lowest BCUT2D eigenvalue weighted by molar-refractivity contribution is 0.392. The lowest BCUT2D eigenvalue weighted by Gasteiger charge is -2.02. The molecule has 3 nitrogen and oxygen atoms in total. The number of thiophene rings is 1. The summed E-state index contributed by atoms with van der Waals surface area (Å²) in [6.45, 7) is 5.85. The van der Waals surface area contributed by atoms with Crippen LogP contribution in [-0.2, 0) is 13.0 Å². The lowest BCUT2D eigenvalue weighted by Crippen LogP contribution is -2.16. The molecule has 0 atom stereocenters. The molecular weight excluding hydrogens is 220 g/mol. The summed E-state index contributed by atoms with van der Waals surface area (Å²) in [5.74, 6) is 0.940. The molecule has 0 aliphatic heterocycles. The molecule has 16 heavy (non-hydrogen) atoms. The van der Waals surface area contributed by atoms with Crippen LogP contribution in [0.2, 0.25) is 0 Å². The summed E-state index contributed by atoms with van der Waals surface area (Å²) in [7, 11) is 0. The molecule has 4 heteroatoms. The van der Waals surface area contributed by atoms with E-state index >= 15 is 0 Å². The molecule has 0 aromatic carbocycles. The maximum Gasteiger partial charge on any atom is 0.137 e. The van der Waals surface area contributed by atoms with Gasteiger partial charge in [-0.2, -0.15) is 11.3 Å². The fourth-order valence-corrected chi connectivity index (χ4v) is 2.37. The van der Waals surface area contributed by atoms with Crippen molar-refractivity contribution in [1.82, 2.24) is 10.5 Å². The van der Waals surface area contributed by atoms with Crippen molar-refractivity contribution in [2.75, 3.05) is 6.54 Å². The highest BCUT2D eigenvalue weighted by Crippen LogP contribution is 2.12. The smallest absolute Gasteiger partial charge is 0.137 e. The predicted octanol–water partition coefficient (Wildman–Crippen LogP) is 2.69. The Hall–Kier alpha value is -1.13. The van der Waals surface area contributed by atoms with Gasteiger partial charge < -0.3 is 9.84 Å². The van der Waals surface area contributed by atoms with Gasteiger partial charge in [0.05, 0.1) is 5.69 Å². The lowest BCUT2D eigenvalue weighted by atomic mass is 10.1. The Balaban J connectivity index is 1.76. The van der Waals surface area contributed by atoms with Crippen molar-refractivity contribution in [3.8, 4) is 0 Å². The van der Waals surface area contributed by atoms with Crippen molar-refractivity contribution in [2.45, 2.75) is 26.8 Å². The first-order chi connectivity index (χ1) is 7.77. The Kier molecular flexibility index (Phi) is 3.74. The molecule has 0 bridgehead atoms. The molecule has 0 aliphatic carbocycles. The van der Waals surface area contributed by atoms with Crippen LogP contribution in [0, 0.1) is 13.8 Å². The van der Waals surface area contributed by atoms with Crippen LogP contribution in [0.25, 0.3) is 0 Å². The number of aryl methyl sites for hydroxylation is 2. The fraction of sp³-hybridized carbons (Fsp3) is 0.417. The summed E-state index contributed by atoms with van der Waals surface area (Å²) in [6, 6.07) is 2.15. The zero-order valence-corrected chi connectivity index (χ0v) is 10.4. The summed E-state index contributed by atoms with van der Waals surface area (Å²) < 4.78 is 5.12. The van der Waals surface area contributed by atoms with Crippen molar-refractivity contribution >= 4 is 11.3 Å². The van der Waals surface area contributed by atoms with Crippen LogP contribution in [0.3, 0.4) is 0 Å². The van der Waals surface area contributed by atoms with Crippen LogP contribution in [0.1, 0.15) is 22.6 Å². The Labute approximate surface area is 99.5 Å². The summed E-state index contributed by atoms with van der Waals surface area (Å²) >= 11 is 1.74. The van der Waals surface area contributed by atoms with Gasteiger partial charge in [0.1, 0.15) is 5.76 Å². The molecule has 1 N–H and O–H groups in total. The maximum absolute atomic E-state index is 5.12. The van der Waals surface area contributed by atoms with E-state index in [0.717, 1.165) is 31.0 Å². The van der Waals surface area contributed by atoms with E-state index in [2.05, 4.69) is 27.3 Å². The maximum atomic E-state index is 5.12. The van der Waals surface area contributed by atoms with Crippen molar-refractivity contribution in [3.05, 3.63) is 39.4 Å². The summed E-state index contributed by atoms with van der Waals surface area (Å²) in [5.41, 5.74) is 3.59. The second kappa shape index (κ2) is 5.27. The molecule has 2 aromatic heterocycles. The Morgan fingerprint density at radius 1 is 1.44 bits per heavy atom. The van der Waals surface area contributed by atoms with Crippen LogP contribution in [0.5, 0.6) is 0 Å². The van der Waals surface area contributed by atoms with Crippen LogP contribution in [-0.4, -0.2) is 11.7 Å². The van der Waals surface area contributed by atoms with Gasteiger partial charge in [-0.1, -0.05) is 5.16 Å². The third kappa shape index (κ3) is 2.71. The van der Waals surface area contributed by atoms with Crippen molar-refractivity contribution in [2.24, 2.45) is 0 Å². The molecule has 0 fully saturated rings. The highest BCUT2D eigenvalue weighted by molar-refractivity contribution is 7.07. The average Bonchev–Trinajstić information content (AvgIpc) is 2.87. The van der Waals surface area contributed by atoms with Crippen molar-refractivity contribution in [1.29, 1.82) is 0 Å². The minimum Gasteiger partial charge on any atom is -0.361 e. The van der Waals surface area contributed by atoms with Gasteiger partial charge in [0.15, 0.2) is 0 Å². The van der Waals surface area contributed by atoms with Gasteiger partial charge in [-0.15, -0.1) is 0 Å². The second-order valence-electron chi connectivity index (χ2n) is 3.86. The Morgan fingerprint density at radius 2 is 2.31 bits per heavy atom. The quantitative estimate of drug-likeness (QED) is 0.811. The zero-order valence-electron chi connectivity index (χ0n) is 9.62. The number of hydrogen-bond donors (Lipinski definition) is 1. The largest absolute Gasteiger partial charge is 0.361 e. The van der Waals surface area contributed by atoms with Gasteiger partial charge in [0, 0.05) is 12.1 Å². The first-order valence-electron chi connectivity index (χ1n) is 5.41. The van der Waals surface area contributed by atoms with E-state index in [4.69, 9.17) is 4.52 Å². The van der Waals surface area contributed by atoms with Gasteiger partial charge in [0.2, 0.25) is 0 Å². The molecule has 0 saturated carbocycles. The standard InChI is InChI=1S/C12H16N2OS/c1-9-12(10(2)15-14-9)3-5-13-7-11-4-6-16-8-11/h4,6,8,13H,3,5,7H2,1-2H3. The van der Waals surface area contributed by atoms with E-state index in [9.17, 15) is 0 Å². The molecule has 2 aromatic rings. The van der Waals surface area contributed by atoms with E-state index in [-0.39, 0.29) is 0 Å². The highest BCUT2D eigenvalue weighted by Gasteiger charge is 2.07. The van der Waals surface area contributed by atoms with E-state index < -0.39 is 0 Å². The van der Waals surface area contributed by atoms with Crippen molar-refractivity contribution in [3.63, 3.8) is 0 Å². The van der Waals surface area contributed by atoms with Crippen molar-refractivity contribution < 1.29 is 4.52 Å². The summed E-state index contributed by atoms with van der Waals surface area (Å²) in [5, 5.41) is 11.6.